The van der Waals surface area contributed by atoms with Crippen LogP contribution in [0.2, 0.25) is 0 Å². The molecule has 0 aromatic carbocycles. The zero-order chi connectivity index (χ0) is 69.6. The molecule has 0 amide bonds. The number of esters is 4. The molecule has 0 aliphatic rings. The summed E-state index contributed by atoms with van der Waals surface area (Å²) in [5.74, 6) is 0.918. The van der Waals surface area contributed by atoms with Crippen LogP contribution < -0.4 is 0 Å². The van der Waals surface area contributed by atoms with Crippen molar-refractivity contribution >= 4 is 39.5 Å². The molecule has 3 N–H and O–H groups in total. The summed E-state index contributed by atoms with van der Waals surface area (Å²) in [5, 5.41) is 10.6. The Morgan fingerprint density at radius 3 is 0.755 bits per heavy atom. The zero-order valence-electron chi connectivity index (χ0n) is 61.6. The van der Waals surface area contributed by atoms with Crippen LogP contribution in [0.4, 0.5) is 0 Å². The van der Waals surface area contributed by atoms with Gasteiger partial charge in [-0.05, 0) is 49.4 Å². The van der Waals surface area contributed by atoms with E-state index in [1.807, 2.05) is 0 Å². The number of carbonyl (C=O) groups is 4. The number of phosphoric ester groups is 2. The van der Waals surface area contributed by atoms with Crippen LogP contribution in [0.25, 0.3) is 0 Å². The summed E-state index contributed by atoms with van der Waals surface area (Å²) in [6.45, 7) is 14.1. The highest BCUT2D eigenvalue weighted by atomic mass is 31.2. The van der Waals surface area contributed by atoms with Gasteiger partial charge in [0.05, 0.1) is 26.4 Å². The molecule has 0 spiro atoms. The van der Waals surface area contributed by atoms with Crippen LogP contribution >= 0.6 is 15.6 Å². The van der Waals surface area contributed by atoms with E-state index in [-0.39, 0.29) is 25.7 Å². The fourth-order valence-electron chi connectivity index (χ4n) is 11.3. The molecule has 0 rings (SSSR count). The first-order valence-electron chi connectivity index (χ1n) is 38.8. The van der Waals surface area contributed by atoms with Gasteiger partial charge < -0.3 is 33.8 Å². The molecule has 4 unspecified atom stereocenters. The highest BCUT2D eigenvalue weighted by Gasteiger charge is 2.30. The fraction of sp³-hybridized carbons (Fsp3) is 0.947. The Labute approximate surface area is 575 Å². The van der Waals surface area contributed by atoms with Crippen molar-refractivity contribution in [3.05, 3.63) is 0 Å². The average Bonchev–Trinajstić information content (AvgIpc) is 1.18. The molecule has 558 valence electrons. The van der Waals surface area contributed by atoms with Gasteiger partial charge in [0.1, 0.15) is 19.3 Å². The monoisotopic (exact) mass is 1380 g/mol. The van der Waals surface area contributed by atoms with Gasteiger partial charge in [0.2, 0.25) is 0 Å². The highest BCUT2D eigenvalue weighted by molar-refractivity contribution is 7.47. The summed E-state index contributed by atoms with van der Waals surface area (Å²) >= 11 is 0. The molecule has 0 bridgehead atoms. The molecule has 0 saturated heterocycles. The molecule has 0 aromatic heterocycles. The van der Waals surface area contributed by atoms with Gasteiger partial charge in [0.15, 0.2) is 12.2 Å². The fourth-order valence-corrected chi connectivity index (χ4v) is 12.9. The van der Waals surface area contributed by atoms with Crippen molar-refractivity contribution in [3.8, 4) is 0 Å². The van der Waals surface area contributed by atoms with E-state index in [9.17, 15) is 43.2 Å². The second-order valence-electron chi connectivity index (χ2n) is 28.5. The lowest BCUT2D eigenvalue weighted by atomic mass is 9.99. The van der Waals surface area contributed by atoms with Crippen molar-refractivity contribution in [1.29, 1.82) is 0 Å². The number of aliphatic hydroxyl groups excluding tert-OH is 1. The molecular weight excluding hydrogens is 1230 g/mol. The second-order valence-corrected chi connectivity index (χ2v) is 31.4. The van der Waals surface area contributed by atoms with Gasteiger partial charge in [0.25, 0.3) is 0 Å². The summed E-state index contributed by atoms with van der Waals surface area (Å²) in [6.07, 6.45) is 48.8. The molecule has 0 saturated carbocycles. The summed E-state index contributed by atoms with van der Waals surface area (Å²) < 4.78 is 68.4. The molecule has 0 heterocycles. The summed E-state index contributed by atoms with van der Waals surface area (Å²) in [6, 6.07) is 0. The van der Waals surface area contributed by atoms with Gasteiger partial charge in [-0.15, -0.1) is 0 Å². The minimum Gasteiger partial charge on any atom is -0.462 e. The first-order chi connectivity index (χ1) is 45.2. The third kappa shape index (κ3) is 66.0. The number of aliphatic hydroxyl groups is 1. The van der Waals surface area contributed by atoms with Crippen LogP contribution in [0, 0.1) is 23.7 Å². The average molecular weight is 1380 g/mol. The van der Waals surface area contributed by atoms with Gasteiger partial charge in [-0.1, -0.05) is 325 Å². The predicted octanol–water partition coefficient (Wildman–Crippen LogP) is 21.7. The SMILES string of the molecule is CCC(C)CCCCCCCCCCCCCCCCCCCCC(=O)O[C@H](COC(=O)CCCCCCCCC(C)C)COP(=O)(O)OC[C@H](O)COP(=O)(O)OC[C@@H](COC(=O)CCCCCCCCCCC(C)C)OC(=O)CCCCCCCCCCC(C)CC. The maximum atomic E-state index is 13.0. The normalized spacial score (nSPS) is 14.7. The standard InChI is InChI=1S/C75H146O17P2/c1-9-67(7)53-45-37-28-21-19-17-15-13-11-12-14-16-18-20-22-31-41-49-57-74(79)91-71(62-86-73(78)56-48-40-34-33-36-44-52-66(5)6)64-90-94(83,84)88-60-69(76)59-87-93(81,82)89-63-70(61-85-72(77)55-47-39-30-25-23-27-35-43-51-65(3)4)92-75(80)58-50-42-32-26-24-29-38-46-54-68(8)10-2/h65-71,76H,9-64H2,1-8H3,(H,81,82)(H,83,84)/t67?,68?,69-,70-,71-/m1/s1. The van der Waals surface area contributed by atoms with E-state index in [1.165, 1.54) is 173 Å². The largest absolute Gasteiger partial charge is 0.472 e. The Morgan fingerprint density at radius 2 is 0.511 bits per heavy atom. The Balaban J connectivity index is 5.15. The van der Waals surface area contributed by atoms with Gasteiger partial charge in [-0.3, -0.25) is 37.3 Å². The molecule has 0 aliphatic heterocycles. The van der Waals surface area contributed by atoms with Crippen molar-refractivity contribution in [2.75, 3.05) is 39.6 Å². The molecule has 7 atom stereocenters. The van der Waals surface area contributed by atoms with E-state index in [4.69, 9.17) is 37.0 Å². The molecule has 19 heteroatoms. The Kier molecular flexibility index (Phi) is 63.1. The van der Waals surface area contributed by atoms with E-state index in [2.05, 4.69) is 55.4 Å². The number of carbonyl (C=O) groups excluding carboxylic acids is 4. The van der Waals surface area contributed by atoms with E-state index in [0.29, 0.717) is 31.6 Å². The van der Waals surface area contributed by atoms with Crippen molar-refractivity contribution in [1.82, 2.24) is 0 Å². The first-order valence-corrected chi connectivity index (χ1v) is 41.8. The zero-order valence-corrected chi connectivity index (χ0v) is 63.4. The van der Waals surface area contributed by atoms with Gasteiger partial charge in [-0.25, -0.2) is 9.13 Å². The molecule has 0 aromatic rings. The minimum absolute atomic E-state index is 0.104. The van der Waals surface area contributed by atoms with E-state index >= 15 is 0 Å². The quantitative estimate of drug-likeness (QED) is 0.0222. The van der Waals surface area contributed by atoms with Crippen LogP contribution in [0.1, 0.15) is 376 Å². The second kappa shape index (κ2) is 64.4. The van der Waals surface area contributed by atoms with Crippen molar-refractivity contribution in [3.63, 3.8) is 0 Å². The van der Waals surface area contributed by atoms with Gasteiger partial charge in [0, 0.05) is 25.7 Å². The summed E-state index contributed by atoms with van der Waals surface area (Å²) in [4.78, 5) is 72.6. The Morgan fingerprint density at radius 1 is 0.298 bits per heavy atom. The van der Waals surface area contributed by atoms with Crippen molar-refractivity contribution in [2.45, 2.75) is 395 Å². The van der Waals surface area contributed by atoms with Crippen LogP contribution in [0.5, 0.6) is 0 Å². The number of hydrogen-bond acceptors (Lipinski definition) is 15. The van der Waals surface area contributed by atoms with Crippen molar-refractivity contribution < 1.29 is 80.2 Å². The maximum absolute atomic E-state index is 13.0. The Hall–Kier alpha value is -1.94. The maximum Gasteiger partial charge on any atom is 0.472 e. The third-order valence-corrected chi connectivity index (χ3v) is 19.9. The van der Waals surface area contributed by atoms with Crippen LogP contribution in [0.15, 0.2) is 0 Å². The summed E-state index contributed by atoms with van der Waals surface area (Å²) in [7, 11) is -9.91. The van der Waals surface area contributed by atoms with Crippen LogP contribution in [-0.2, 0) is 65.4 Å². The topological polar surface area (TPSA) is 237 Å². The lowest BCUT2D eigenvalue weighted by Gasteiger charge is -2.21. The highest BCUT2D eigenvalue weighted by Crippen LogP contribution is 2.45. The van der Waals surface area contributed by atoms with Crippen molar-refractivity contribution in [2.24, 2.45) is 23.7 Å². The molecule has 94 heavy (non-hydrogen) atoms. The lowest BCUT2D eigenvalue weighted by molar-refractivity contribution is -0.161. The molecular formula is C75H146O17P2. The number of rotatable bonds is 72. The molecule has 0 fully saturated rings. The van der Waals surface area contributed by atoms with E-state index in [0.717, 1.165) is 114 Å². The smallest absolute Gasteiger partial charge is 0.462 e. The first kappa shape index (κ1) is 92.1. The van der Waals surface area contributed by atoms with Gasteiger partial charge >= 0.3 is 39.5 Å². The summed E-state index contributed by atoms with van der Waals surface area (Å²) in [5.41, 5.74) is 0. The number of ether oxygens (including phenoxy) is 4. The number of hydrogen-bond donors (Lipinski definition) is 3. The molecule has 0 radical (unpaired) electrons. The number of phosphoric acid groups is 2. The van der Waals surface area contributed by atoms with E-state index < -0.39 is 97.5 Å². The third-order valence-electron chi connectivity index (χ3n) is 18.0. The van der Waals surface area contributed by atoms with E-state index in [1.54, 1.807) is 0 Å². The minimum atomic E-state index is -4.96. The molecule has 17 nitrogen and oxygen atoms in total. The predicted molar refractivity (Wildman–Crippen MR) is 381 cm³/mol. The van der Waals surface area contributed by atoms with Gasteiger partial charge in [-0.2, -0.15) is 0 Å². The van der Waals surface area contributed by atoms with Crippen LogP contribution in [0.3, 0.4) is 0 Å². The molecule has 0 aliphatic carbocycles. The number of unbranched alkanes of at least 4 members (excludes halogenated alkanes) is 36. The lowest BCUT2D eigenvalue weighted by Crippen LogP contribution is -2.30. The Bertz CT molecular complexity index is 1850. The van der Waals surface area contributed by atoms with Crippen LogP contribution in [-0.4, -0.2) is 96.7 Å².